The Morgan fingerprint density at radius 3 is 2.07 bits per heavy atom. The Balaban J connectivity index is 1.91. The fraction of sp³-hybridized carbons (Fsp3) is 0.870. The molecule has 1 aliphatic heterocycles. The average Bonchev–Trinajstić information content (AvgIpc) is 3.03. The molecule has 1 fully saturated rings. The van der Waals surface area contributed by atoms with E-state index in [-0.39, 0.29) is 16.4 Å². The van der Waals surface area contributed by atoms with E-state index >= 15 is 0 Å². The van der Waals surface area contributed by atoms with Crippen molar-refractivity contribution in [1.82, 2.24) is 14.7 Å². The van der Waals surface area contributed by atoms with Crippen LogP contribution in [0.1, 0.15) is 93.6 Å². The molecule has 1 atom stereocenters. The quantitative estimate of drug-likeness (QED) is 0.789. The summed E-state index contributed by atoms with van der Waals surface area (Å²) in [5.74, 6) is 0. The molecule has 2 heterocycles. The van der Waals surface area contributed by atoms with Gasteiger partial charge in [0.2, 0.25) is 0 Å². The summed E-state index contributed by atoms with van der Waals surface area (Å²) in [7, 11) is 0. The molecule has 0 bridgehead atoms. The molecule has 1 aromatic rings. The maximum Gasteiger partial charge on any atom is 0.0720 e. The van der Waals surface area contributed by atoms with Gasteiger partial charge in [0.1, 0.15) is 0 Å². The van der Waals surface area contributed by atoms with Crippen LogP contribution in [0.3, 0.4) is 0 Å². The maximum atomic E-state index is 10.9. The predicted octanol–water partition coefficient (Wildman–Crippen LogP) is 4.96. The molecule has 156 valence electrons. The Bertz CT molecular complexity index is 610. The van der Waals surface area contributed by atoms with Gasteiger partial charge in [-0.25, -0.2) is 0 Å². The first-order valence-corrected chi connectivity index (χ1v) is 10.7. The summed E-state index contributed by atoms with van der Waals surface area (Å²) >= 11 is 0. The standard InChI is InChI=1S/C23H43N3O/c1-18(25-14-12-23(27,13-15-25)20(2,3)4)10-11-22(8,9)19-16-24-26(17-19)21(5,6)7/h16-18,27H,10-15H2,1-9H3. The number of aliphatic hydroxyl groups is 1. The summed E-state index contributed by atoms with van der Waals surface area (Å²) in [6, 6.07) is 0.548. The highest BCUT2D eigenvalue weighted by atomic mass is 16.3. The first-order chi connectivity index (χ1) is 12.2. The summed E-state index contributed by atoms with van der Waals surface area (Å²) in [5.41, 5.74) is 0.908. The van der Waals surface area contributed by atoms with Crippen LogP contribution in [0.25, 0.3) is 0 Å². The Labute approximate surface area is 167 Å². The van der Waals surface area contributed by atoms with E-state index in [0.29, 0.717) is 6.04 Å². The summed E-state index contributed by atoms with van der Waals surface area (Å²) in [5, 5.41) is 15.5. The van der Waals surface area contributed by atoms with Crippen LogP contribution in [0.2, 0.25) is 0 Å². The van der Waals surface area contributed by atoms with E-state index in [2.05, 4.69) is 83.2 Å². The smallest absolute Gasteiger partial charge is 0.0720 e. The number of nitrogens with zero attached hydrogens (tertiary/aromatic N) is 3. The average molecular weight is 378 g/mol. The van der Waals surface area contributed by atoms with Gasteiger partial charge in [0.05, 0.1) is 17.3 Å². The normalized spacial score (nSPS) is 20.7. The Morgan fingerprint density at radius 2 is 1.63 bits per heavy atom. The van der Waals surface area contributed by atoms with Crippen molar-refractivity contribution >= 4 is 0 Å². The lowest BCUT2D eigenvalue weighted by atomic mass is 9.70. The van der Waals surface area contributed by atoms with Crippen LogP contribution in [0.15, 0.2) is 12.4 Å². The zero-order valence-corrected chi connectivity index (χ0v) is 19.3. The Hall–Kier alpha value is -0.870. The summed E-state index contributed by atoms with van der Waals surface area (Å²) in [6.07, 6.45) is 8.33. The lowest BCUT2D eigenvalue weighted by molar-refractivity contribution is -0.104. The van der Waals surface area contributed by atoms with Gasteiger partial charge in [-0.3, -0.25) is 4.68 Å². The molecule has 1 unspecified atom stereocenters. The van der Waals surface area contributed by atoms with Gasteiger partial charge in [-0.15, -0.1) is 0 Å². The monoisotopic (exact) mass is 377 g/mol. The van der Waals surface area contributed by atoms with Crippen LogP contribution in [0, 0.1) is 5.41 Å². The van der Waals surface area contributed by atoms with Crippen LogP contribution >= 0.6 is 0 Å². The molecule has 1 N–H and O–H groups in total. The molecule has 0 saturated carbocycles. The largest absolute Gasteiger partial charge is 0.389 e. The molecule has 0 radical (unpaired) electrons. The summed E-state index contributed by atoms with van der Waals surface area (Å²) in [6.45, 7) is 22.0. The first kappa shape index (κ1) is 22.4. The molecule has 1 saturated heterocycles. The van der Waals surface area contributed by atoms with Crippen LogP contribution in [-0.2, 0) is 11.0 Å². The Kier molecular flexibility index (Phi) is 6.24. The second-order valence-corrected chi connectivity index (χ2v) is 11.4. The number of likely N-dealkylation sites (tertiary alicyclic amines) is 1. The van der Waals surface area contributed by atoms with Gasteiger partial charge in [0.25, 0.3) is 0 Å². The van der Waals surface area contributed by atoms with Gasteiger partial charge in [0.15, 0.2) is 0 Å². The first-order valence-electron chi connectivity index (χ1n) is 10.7. The molecule has 0 amide bonds. The summed E-state index contributed by atoms with van der Waals surface area (Å²) < 4.78 is 2.07. The third kappa shape index (κ3) is 5.14. The van der Waals surface area contributed by atoms with Crippen molar-refractivity contribution < 1.29 is 5.11 Å². The van der Waals surface area contributed by atoms with Gasteiger partial charge in [-0.1, -0.05) is 34.6 Å². The number of piperidine rings is 1. The summed E-state index contributed by atoms with van der Waals surface area (Å²) in [4.78, 5) is 2.56. The van der Waals surface area contributed by atoms with E-state index in [1.165, 1.54) is 12.0 Å². The van der Waals surface area contributed by atoms with Crippen LogP contribution in [-0.4, -0.2) is 44.5 Å². The topological polar surface area (TPSA) is 41.3 Å². The zero-order valence-electron chi connectivity index (χ0n) is 19.3. The Morgan fingerprint density at radius 1 is 1.07 bits per heavy atom. The van der Waals surface area contributed by atoms with E-state index in [4.69, 9.17) is 0 Å². The van der Waals surface area contributed by atoms with Crippen molar-refractivity contribution in [1.29, 1.82) is 0 Å². The van der Waals surface area contributed by atoms with Crippen molar-refractivity contribution in [3.63, 3.8) is 0 Å². The van der Waals surface area contributed by atoms with Crippen molar-refractivity contribution in [3.8, 4) is 0 Å². The van der Waals surface area contributed by atoms with Crippen LogP contribution in [0.5, 0.6) is 0 Å². The van der Waals surface area contributed by atoms with E-state index in [1.807, 2.05) is 6.20 Å². The molecule has 1 aliphatic rings. The van der Waals surface area contributed by atoms with E-state index < -0.39 is 5.60 Å². The van der Waals surface area contributed by atoms with Crippen molar-refractivity contribution in [2.45, 2.75) is 111 Å². The number of hydrogen-bond acceptors (Lipinski definition) is 3. The fourth-order valence-corrected chi connectivity index (χ4v) is 4.02. The third-order valence-corrected chi connectivity index (χ3v) is 6.88. The zero-order chi connectivity index (χ0) is 20.7. The number of rotatable bonds is 5. The minimum Gasteiger partial charge on any atom is -0.389 e. The molecular weight excluding hydrogens is 334 g/mol. The van der Waals surface area contributed by atoms with Gasteiger partial charge in [-0.05, 0) is 69.8 Å². The second kappa shape index (κ2) is 7.51. The lowest BCUT2D eigenvalue weighted by Crippen LogP contribution is -2.53. The maximum absolute atomic E-state index is 10.9. The van der Waals surface area contributed by atoms with Crippen molar-refractivity contribution in [2.24, 2.45) is 5.41 Å². The predicted molar refractivity (Wildman–Crippen MR) is 114 cm³/mol. The molecular formula is C23H43N3O. The molecule has 2 rings (SSSR count). The highest BCUT2D eigenvalue weighted by molar-refractivity contribution is 5.17. The van der Waals surface area contributed by atoms with E-state index in [1.54, 1.807) is 0 Å². The molecule has 4 heteroatoms. The van der Waals surface area contributed by atoms with Gasteiger partial charge >= 0.3 is 0 Å². The van der Waals surface area contributed by atoms with Gasteiger partial charge in [0, 0.05) is 25.3 Å². The molecule has 1 aromatic heterocycles. The van der Waals surface area contributed by atoms with Crippen LogP contribution in [0.4, 0.5) is 0 Å². The minimum atomic E-state index is -0.524. The fourth-order valence-electron chi connectivity index (χ4n) is 4.02. The molecule has 0 aliphatic carbocycles. The van der Waals surface area contributed by atoms with Crippen molar-refractivity contribution in [3.05, 3.63) is 18.0 Å². The van der Waals surface area contributed by atoms with E-state index in [0.717, 1.165) is 32.4 Å². The third-order valence-electron chi connectivity index (χ3n) is 6.88. The second-order valence-electron chi connectivity index (χ2n) is 11.4. The minimum absolute atomic E-state index is 0.0271. The number of aromatic nitrogens is 2. The SMILES string of the molecule is CC(CCC(C)(C)c1cnn(C(C)(C)C)c1)N1CCC(O)(C(C)(C)C)CC1. The molecule has 4 nitrogen and oxygen atoms in total. The number of hydrogen-bond donors (Lipinski definition) is 1. The molecule has 0 aromatic carbocycles. The van der Waals surface area contributed by atoms with Gasteiger partial charge in [-0.2, -0.15) is 5.10 Å². The highest BCUT2D eigenvalue weighted by Crippen LogP contribution is 2.39. The lowest BCUT2D eigenvalue weighted by Gasteiger charge is -2.47. The molecule has 27 heavy (non-hydrogen) atoms. The van der Waals surface area contributed by atoms with Gasteiger partial charge < -0.3 is 10.0 Å². The molecule has 0 spiro atoms. The highest BCUT2D eigenvalue weighted by Gasteiger charge is 2.42. The van der Waals surface area contributed by atoms with Crippen LogP contribution < -0.4 is 0 Å². The van der Waals surface area contributed by atoms with Crippen molar-refractivity contribution in [2.75, 3.05) is 13.1 Å². The van der Waals surface area contributed by atoms with E-state index in [9.17, 15) is 5.11 Å².